The highest BCUT2D eigenvalue weighted by Crippen LogP contribution is 2.29. The van der Waals surface area contributed by atoms with E-state index in [1.807, 2.05) is 44.2 Å². The van der Waals surface area contributed by atoms with Crippen molar-refractivity contribution in [2.24, 2.45) is 0 Å². The second kappa shape index (κ2) is 7.61. The largest absolute Gasteiger partial charge is 0.366 e. The van der Waals surface area contributed by atoms with Crippen molar-refractivity contribution in [2.75, 3.05) is 6.61 Å². The molecular formula is C15H19ClF2O. The molecule has 0 saturated heterocycles. The van der Waals surface area contributed by atoms with Crippen molar-refractivity contribution in [1.82, 2.24) is 0 Å². The lowest BCUT2D eigenvalue weighted by Crippen LogP contribution is -2.31. The van der Waals surface area contributed by atoms with Gasteiger partial charge in [-0.15, -0.1) is 0 Å². The topological polar surface area (TPSA) is 9.23 Å². The molecule has 1 unspecified atom stereocenters. The maximum atomic E-state index is 13.2. The lowest BCUT2D eigenvalue weighted by molar-refractivity contribution is -0.0783. The number of allylic oxidation sites excluding steroid dienone is 1. The second-order valence-electron chi connectivity index (χ2n) is 4.67. The molecule has 1 rings (SSSR count). The minimum atomic E-state index is -3.34. The normalized spacial score (nSPS) is 13.1. The predicted octanol–water partition coefficient (Wildman–Crippen LogP) is 4.80. The Bertz CT molecular complexity index is 394. The molecule has 1 aromatic carbocycles. The van der Waals surface area contributed by atoms with Gasteiger partial charge in [-0.05, 0) is 43.9 Å². The summed E-state index contributed by atoms with van der Waals surface area (Å²) in [5.41, 5.74) is 2.03. The summed E-state index contributed by atoms with van der Waals surface area (Å²) in [7, 11) is 0. The van der Waals surface area contributed by atoms with E-state index >= 15 is 0 Å². The summed E-state index contributed by atoms with van der Waals surface area (Å²) < 4.78 is 31.6. The molecule has 0 radical (unpaired) electrons. The van der Waals surface area contributed by atoms with Gasteiger partial charge in [0.25, 0.3) is 0 Å². The van der Waals surface area contributed by atoms with Crippen molar-refractivity contribution < 1.29 is 13.5 Å². The number of alkyl halides is 3. The molecule has 0 aliphatic carbocycles. The Balaban J connectivity index is 2.53. The molecule has 19 heavy (non-hydrogen) atoms. The molecule has 1 atom stereocenters. The van der Waals surface area contributed by atoms with Crippen LogP contribution < -0.4 is 0 Å². The van der Waals surface area contributed by atoms with Crippen molar-refractivity contribution in [2.45, 2.75) is 38.2 Å². The van der Waals surface area contributed by atoms with Crippen LogP contribution in [0.4, 0.5) is 8.78 Å². The van der Waals surface area contributed by atoms with Crippen molar-refractivity contribution in [3.8, 4) is 0 Å². The van der Waals surface area contributed by atoms with E-state index in [4.69, 9.17) is 16.3 Å². The molecule has 0 N–H and O–H groups in total. The van der Waals surface area contributed by atoms with Crippen LogP contribution in [-0.4, -0.2) is 18.1 Å². The zero-order valence-electron chi connectivity index (χ0n) is 11.2. The van der Waals surface area contributed by atoms with Gasteiger partial charge < -0.3 is 4.74 Å². The van der Waals surface area contributed by atoms with Crippen molar-refractivity contribution >= 4 is 11.6 Å². The molecule has 4 heteroatoms. The van der Waals surface area contributed by atoms with Gasteiger partial charge in [0, 0.05) is 0 Å². The Morgan fingerprint density at radius 2 is 1.95 bits per heavy atom. The number of aryl methyl sites for hydroxylation is 1. The van der Waals surface area contributed by atoms with Crippen LogP contribution in [0.2, 0.25) is 0 Å². The van der Waals surface area contributed by atoms with E-state index in [9.17, 15) is 8.78 Å². The van der Waals surface area contributed by atoms with E-state index in [0.29, 0.717) is 6.42 Å². The average molecular weight is 289 g/mol. The van der Waals surface area contributed by atoms with Crippen molar-refractivity contribution in [1.29, 1.82) is 0 Å². The third kappa shape index (κ3) is 6.69. The van der Waals surface area contributed by atoms with Crippen LogP contribution in [0.1, 0.15) is 25.8 Å². The van der Waals surface area contributed by atoms with E-state index < -0.39 is 11.5 Å². The number of hydrogen-bond acceptors (Lipinski definition) is 1. The first-order valence-electron chi connectivity index (χ1n) is 6.25. The van der Waals surface area contributed by atoms with Gasteiger partial charge in [-0.3, -0.25) is 0 Å². The quantitative estimate of drug-likeness (QED) is 0.517. The van der Waals surface area contributed by atoms with Crippen LogP contribution in [0, 0.1) is 0 Å². The molecular weight excluding hydrogens is 270 g/mol. The summed E-state index contributed by atoms with van der Waals surface area (Å²) in [5, 5.41) is -3.34. The summed E-state index contributed by atoms with van der Waals surface area (Å²) in [6, 6.07) is 9.46. The number of hydrogen-bond donors (Lipinski definition) is 0. The first-order valence-corrected chi connectivity index (χ1v) is 6.63. The van der Waals surface area contributed by atoms with Gasteiger partial charge in [-0.2, -0.15) is 8.78 Å². The summed E-state index contributed by atoms with van der Waals surface area (Å²) in [6.07, 6.45) is 1.20. The van der Waals surface area contributed by atoms with Gasteiger partial charge in [0.15, 0.2) is 0 Å². The standard InChI is InChI=1S/C15H19ClF2O/c1-12(2)10-11-19-14(15(16,17)18)9-8-13-6-4-3-5-7-13/h3-7,10,14H,8-9,11H2,1-2H3. The monoisotopic (exact) mass is 288 g/mol. The summed E-state index contributed by atoms with van der Waals surface area (Å²) in [6.45, 7) is 3.94. The van der Waals surface area contributed by atoms with Crippen LogP contribution >= 0.6 is 11.6 Å². The first kappa shape index (κ1) is 16.1. The molecule has 0 heterocycles. The highest BCUT2D eigenvalue weighted by molar-refractivity contribution is 6.22. The zero-order valence-corrected chi connectivity index (χ0v) is 12.0. The molecule has 0 aliphatic rings. The Hall–Kier alpha value is -0.930. The number of rotatable bonds is 7. The van der Waals surface area contributed by atoms with Crippen molar-refractivity contribution in [3.05, 3.63) is 47.5 Å². The highest BCUT2D eigenvalue weighted by atomic mass is 35.5. The van der Waals surface area contributed by atoms with Gasteiger partial charge in [0.05, 0.1) is 6.61 Å². The average Bonchev–Trinajstić information content (AvgIpc) is 2.33. The molecule has 106 valence electrons. The zero-order chi connectivity index (χ0) is 14.3. The smallest absolute Gasteiger partial charge is 0.347 e. The van der Waals surface area contributed by atoms with Gasteiger partial charge >= 0.3 is 5.38 Å². The molecule has 1 nitrogen and oxygen atoms in total. The van der Waals surface area contributed by atoms with E-state index in [2.05, 4.69) is 0 Å². The Labute approximate surface area is 118 Å². The minimum absolute atomic E-state index is 0.157. The lowest BCUT2D eigenvalue weighted by atomic mass is 10.1. The molecule has 0 saturated carbocycles. The Morgan fingerprint density at radius 1 is 1.32 bits per heavy atom. The third-order valence-electron chi connectivity index (χ3n) is 2.69. The van der Waals surface area contributed by atoms with Crippen molar-refractivity contribution in [3.63, 3.8) is 0 Å². The number of halogens is 3. The molecule has 1 aromatic rings. The highest BCUT2D eigenvalue weighted by Gasteiger charge is 2.37. The fraction of sp³-hybridized carbons (Fsp3) is 0.467. The fourth-order valence-electron chi connectivity index (χ4n) is 1.61. The van der Waals surface area contributed by atoms with E-state index in [0.717, 1.165) is 11.1 Å². The Kier molecular flexibility index (Phi) is 6.46. The van der Waals surface area contributed by atoms with Crippen LogP contribution in [0.3, 0.4) is 0 Å². The molecule has 0 fully saturated rings. The SMILES string of the molecule is CC(C)=CCOC(CCc1ccccc1)C(F)(F)Cl. The number of benzene rings is 1. The minimum Gasteiger partial charge on any atom is -0.366 e. The second-order valence-corrected chi connectivity index (χ2v) is 5.17. The molecule has 0 spiro atoms. The van der Waals surface area contributed by atoms with E-state index in [-0.39, 0.29) is 13.0 Å². The molecule has 0 bridgehead atoms. The van der Waals surface area contributed by atoms with Crippen LogP contribution in [0.15, 0.2) is 42.0 Å². The van der Waals surface area contributed by atoms with E-state index in [1.165, 1.54) is 0 Å². The maximum Gasteiger partial charge on any atom is 0.347 e. The van der Waals surface area contributed by atoms with Crippen LogP contribution in [-0.2, 0) is 11.2 Å². The lowest BCUT2D eigenvalue weighted by Gasteiger charge is -2.21. The summed E-state index contributed by atoms with van der Waals surface area (Å²) >= 11 is 5.10. The van der Waals surface area contributed by atoms with Crippen LogP contribution in [0.25, 0.3) is 0 Å². The van der Waals surface area contributed by atoms with E-state index in [1.54, 1.807) is 6.08 Å². The number of ether oxygens (including phenoxy) is 1. The maximum absolute atomic E-state index is 13.2. The summed E-state index contributed by atoms with van der Waals surface area (Å²) in [4.78, 5) is 0. The van der Waals surface area contributed by atoms with Crippen LogP contribution in [0.5, 0.6) is 0 Å². The predicted molar refractivity (Wildman–Crippen MR) is 74.7 cm³/mol. The van der Waals surface area contributed by atoms with Gasteiger partial charge in [-0.1, -0.05) is 42.0 Å². The Morgan fingerprint density at radius 3 is 2.47 bits per heavy atom. The van der Waals surface area contributed by atoms with Gasteiger partial charge in [0.2, 0.25) is 0 Å². The molecule has 0 amide bonds. The third-order valence-corrected chi connectivity index (χ3v) is 2.94. The molecule has 0 aliphatic heterocycles. The summed E-state index contributed by atoms with van der Waals surface area (Å²) in [5.74, 6) is 0. The molecule has 0 aromatic heterocycles. The van der Waals surface area contributed by atoms with Gasteiger partial charge in [0.1, 0.15) is 6.10 Å². The van der Waals surface area contributed by atoms with Gasteiger partial charge in [-0.25, -0.2) is 0 Å². The fourth-order valence-corrected chi connectivity index (χ4v) is 1.79. The first-order chi connectivity index (χ1) is 8.89.